The monoisotopic (exact) mass is 517 g/mol. The number of rotatable bonds is 9. The van der Waals surface area contributed by atoms with Gasteiger partial charge in [0.25, 0.3) is 0 Å². The van der Waals surface area contributed by atoms with Gasteiger partial charge in [-0.15, -0.1) is 0 Å². The molecule has 2 N–H and O–H groups in total. The van der Waals surface area contributed by atoms with Crippen LogP contribution in [0.5, 0.6) is 5.75 Å². The van der Waals surface area contributed by atoms with Crippen molar-refractivity contribution in [2.24, 2.45) is 5.73 Å². The van der Waals surface area contributed by atoms with Crippen LogP contribution < -0.4 is 10.5 Å². The van der Waals surface area contributed by atoms with Crippen LogP contribution in [0.25, 0.3) is 0 Å². The zero-order chi connectivity index (χ0) is 24.8. The predicted octanol–water partition coefficient (Wildman–Crippen LogP) is 5.52. The van der Waals surface area contributed by atoms with Crippen LogP contribution in [0.2, 0.25) is 10.0 Å². The van der Waals surface area contributed by atoms with E-state index in [0.29, 0.717) is 35.5 Å². The van der Waals surface area contributed by atoms with Crippen molar-refractivity contribution in [1.29, 1.82) is 0 Å². The lowest BCUT2D eigenvalue weighted by atomic mass is 9.88. The van der Waals surface area contributed by atoms with Gasteiger partial charge in [-0.25, -0.2) is 0 Å². The molecule has 2 aromatic rings. The number of ether oxygens (including phenoxy) is 1. The van der Waals surface area contributed by atoms with Crippen LogP contribution >= 0.6 is 23.2 Å². The first-order chi connectivity index (χ1) is 16.9. The van der Waals surface area contributed by atoms with E-state index in [0.717, 1.165) is 50.2 Å². The molecule has 2 heterocycles. The Hall–Kier alpha value is -1.79. The summed E-state index contributed by atoms with van der Waals surface area (Å²) in [4.78, 5) is 17.4. The Morgan fingerprint density at radius 3 is 2.34 bits per heavy atom. The molecular formula is C28H37Cl2N3O2. The number of benzene rings is 2. The summed E-state index contributed by atoms with van der Waals surface area (Å²) in [7, 11) is 0. The van der Waals surface area contributed by atoms with Gasteiger partial charge in [-0.2, -0.15) is 0 Å². The van der Waals surface area contributed by atoms with Crippen molar-refractivity contribution in [3.05, 3.63) is 63.6 Å². The highest BCUT2D eigenvalue weighted by Gasteiger charge is 2.29. The lowest BCUT2D eigenvalue weighted by molar-refractivity contribution is -0.133. The van der Waals surface area contributed by atoms with Crippen molar-refractivity contribution in [2.45, 2.75) is 63.5 Å². The van der Waals surface area contributed by atoms with E-state index in [-0.39, 0.29) is 12.0 Å². The Morgan fingerprint density at radius 1 is 1.03 bits per heavy atom. The van der Waals surface area contributed by atoms with Crippen LogP contribution in [0.4, 0.5) is 0 Å². The van der Waals surface area contributed by atoms with Gasteiger partial charge in [0.1, 0.15) is 11.9 Å². The highest BCUT2D eigenvalue weighted by Crippen LogP contribution is 2.37. The Labute approximate surface area is 219 Å². The van der Waals surface area contributed by atoms with Crippen LogP contribution in [-0.4, -0.2) is 60.6 Å². The molecule has 2 aliphatic rings. The molecule has 0 saturated carbocycles. The van der Waals surface area contributed by atoms with Crippen LogP contribution in [0.3, 0.4) is 0 Å². The highest BCUT2D eigenvalue weighted by molar-refractivity contribution is 6.30. The zero-order valence-corrected chi connectivity index (χ0v) is 22.1. The minimum atomic E-state index is -0.543. The Kier molecular flexibility index (Phi) is 9.34. The van der Waals surface area contributed by atoms with Crippen LogP contribution in [0.15, 0.2) is 42.5 Å². The maximum atomic E-state index is 13.0. The Balaban J connectivity index is 1.36. The maximum Gasteiger partial charge on any atom is 0.239 e. The molecule has 190 valence electrons. The molecule has 1 amide bonds. The average molecular weight is 519 g/mol. The van der Waals surface area contributed by atoms with E-state index in [1.165, 1.54) is 18.4 Å². The molecule has 0 aromatic heterocycles. The van der Waals surface area contributed by atoms with Gasteiger partial charge < -0.3 is 15.4 Å². The molecule has 5 nitrogen and oxygen atoms in total. The summed E-state index contributed by atoms with van der Waals surface area (Å²) < 4.78 is 6.54. The fraction of sp³-hybridized carbons (Fsp3) is 0.536. The summed E-state index contributed by atoms with van der Waals surface area (Å²) in [6.45, 7) is 6.86. The van der Waals surface area contributed by atoms with E-state index in [4.69, 9.17) is 33.7 Å². The molecule has 2 saturated heterocycles. The summed E-state index contributed by atoms with van der Waals surface area (Å²) in [5.41, 5.74) is 8.50. The second-order valence-electron chi connectivity index (χ2n) is 9.87. The number of halogens is 2. The molecule has 0 bridgehead atoms. The molecule has 2 aliphatic heterocycles. The first kappa shape index (κ1) is 26.3. The normalized spacial score (nSPS) is 19.0. The summed E-state index contributed by atoms with van der Waals surface area (Å²) in [5.74, 6) is 1.25. The minimum absolute atomic E-state index is 0.0163. The topological polar surface area (TPSA) is 58.8 Å². The number of carbonyl (C=O) groups excluding carboxylic acids is 1. The van der Waals surface area contributed by atoms with Gasteiger partial charge in [-0.3, -0.25) is 9.69 Å². The average Bonchev–Trinajstić information content (AvgIpc) is 3.38. The zero-order valence-electron chi connectivity index (χ0n) is 20.6. The second-order valence-corrected chi connectivity index (χ2v) is 10.7. The van der Waals surface area contributed by atoms with Crippen molar-refractivity contribution in [1.82, 2.24) is 9.80 Å². The van der Waals surface area contributed by atoms with Crippen molar-refractivity contribution >= 4 is 29.1 Å². The van der Waals surface area contributed by atoms with Crippen molar-refractivity contribution in [3.63, 3.8) is 0 Å². The van der Waals surface area contributed by atoms with Gasteiger partial charge in [0, 0.05) is 29.7 Å². The number of hydrogen-bond acceptors (Lipinski definition) is 4. The minimum Gasteiger partial charge on any atom is -0.489 e. The number of piperidine rings is 1. The summed E-state index contributed by atoms with van der Waals surface area (Å²) in [6, 6.07) is 13.0. The first-order valence-corrected chi connectivity index (χ1v) is 13.7. The van der Waals surface area contributed by atoms with E-state index in [1.54, 1.807) is 0 Å². The van der Waals surface area contributed by atoms with Gasteiger partial charge in [-0.05, 0) is 92.9 Å². The molecular weight excluding hydrogens is 481 g/mol. The van der Waals surface area contributed by atoms with Crippen molar-refractivity contribution in [2.75, 3.05) is 32.7 Å². The molecule has 2 atom stereocenters. The van der Waals surface area contributed by atoms with Gasteiger partial charge in [0.15, 0.2) is 0 Å². The molecule has 7 heteroatoms. The lowest BCUT2D eigenvalue weighted by Gasteiger charge is -2.35. The quantitative estimate of drug-likeness (QED) is 0.475. The molecule has 0 radical (unpaired) electrons. The van der Waals surface area contributed by atoms with Gasteiger partial charge in [0.05, 0.1) is 6.04 Å². The van der Waals surface area contributed by atoms with E-state index in [2.05, 4.69) is 17.9 Å². The summed E-state index contributed by atoms with van der Waals surface area (Å²) >= 11 is 12.3. The van der Waals surface area contributed by atoms with Gasteiger partial charge in [-0.1, -0.05) is 48.3 Å². The SMILES string of the molecule is CC[C@@H](CN1CCCC1)Oc1cc(Cl)ccc1C1CCN(C(=O)[C@H](N)Cc2ccc(Cl)cc2)CC1. The van der Waals surface area contributed by atoms with E-state index in [9.17, 15) is 4.79 Å². The highest BCUT2D eigenvalue weighted by atomic mass is 35.5. The standard InChI is InChI=1S/C28H37Cl2N3O2/c1-2-24(19-32-13-3-4-14-32)35-27-18-23(30)9-10-25(27)21-11-15-33(16-12-21)28(34)26(31)17-20-5-7-22(29)8-6-20/h5-10,18,21,24,26H,2-4,11-17,19,31H2,1H3/t24-,26+/m0/s1. The van der Waals surface area contributed by atoms with Crippen molar-refractivity contribution < 1.29 is 9.53 Å². The number of likely N-dealkylation sites (tertiary alicyclic amines) is 2. The third kappa shape index (κ3) is 7.13. The maximum absolute atomic E-state index is 13.0. The molecule has 0 aliphatic carbocycles. The number of nitrogens with zero attached hydrogens (tertiary/aromatic N) is 2. The lowest BCUT2D eigenvalue weighted by Crippen LogP contribution is -2.47. The third-order valence-electron chi connectivity index (χ3n) is 7.32. The third-order valence-corrected chi connectivity index (χ3v) is 7.80. The number of nitrogens with two attached hydrogens (primary N) is 1. The Morgan fingerprint density at radius 2 is 1.69 bits per heavy atom. The second kappa shape index (κ2) is 12.4. The van der Waals surface area contributed by atoms with Gasteiger partial charge in [0.2, 0.25) is 5.91 Å². The summed E-state index contributed by atoms with van der Waals surface area (Å²) in [6.07, 6.45) is 5.96. The fourth-order valence-electron chi connectivity index (χ4n) is 5.24. The van der Waals surface area contributed by atoms with Crippen LogP contribution in [-0.2, 0) is 11.2 Å². The van der Waals surface area contributed by atoms with Crippen LogP contribution in [0, 0.1) is 0 Å². The number of carbonyl (C=O) groups is 1. The summed E-state index contributed by atoms with van der Waals surface area (Å²) in [5, 5.41) is 1.38. The molecule has 0 spiro atoms. The van der Waals surface area contributed by atoms with E-state index >= 15 is 0 Å². The Bertz CT molecular complexity index is 971. The van der Waals surface area contributed by atoms with Crippen LogP contribution in [0.1, 0.15) is 56.1 Å². The fourth-order valence-corrected chi connectivity index (χ4v) is 5.53. The molecule has 4 rings (SSSR count). The molecule has 35 heavy (non-hydrogen) atoms. The smallest absolute Gasteiger partial charge is 0.239 e. The predicted molar refractivity (Wildman–Crippen MR) is 144 cm³/mol. The molecule has 2 fully saturated rings. The van der Waals surface area contributed by atoms with Gasteiger partial charge >= 0.3 is 0 Å². The van der Waals surface area contributed by atoms with Crippen molar-refractivity contribution in [3.8, 4) is 5.75 Å². The first-order valence-electron chi connectivity index (χ1n) is 12.9. The number of hydrogen-bond donors (Lipinski definition) is 1. The molecule has 0 unspecified atom stereocenters. The largest absolute Gasteiger partial charge is 0.489 e. The van der Waals surface area contributed by atoms with E-state index in [1.807, 2.05) is 41.3 Å². The van der Waals surface area contributed by atoms with E-state index < -0.39 is 6.04 Å². The number of amides is 1. The molecule has 2 aromatic carbocycles.